The maximum absolute atomic E-state index is 5.47. The molecule has 0 atom stereocenters. The topological polar surface area (TPSA) is 94.8 Å². The van der Waals surface area contributed by atoms with Crippen molar-refractivity contribution in [2.45, 2.75) is 13.0 Å². The quantitative estimate of drug-likeness (QED) is 0.328. The highest BCUT2D eigenvalue weighted by atomic mass is 127. The third-order valence-corrected chi connectivity index (χ3v) is 3.93. The van der Waals surface area contributed by atoms with Crippen LogP contribution in [0.3, 0.4) is 0 Å². The lowest BCUT2D eigenvalue weighted by atomic mass is 10.1. The van der Waals surface area contributed by atoms with E-state index in [0.717, 1.165) is 22.9 Å². The number of aromatic nitrogens is 3. The molecule has 0 saturated heterocycles. The number of aryl methyl sites for hydroxylation is 1. The molecule has 2 aromatic rings. The van der Waals surface area contributed by atoms with Crippen LogP contribution >= 0.6 is 24.0 Å². The molecule has 2 N–H and O–H groups in total. The van der Waals surface area contributed by atoms with E-state index >= 15 is 0 Å². The average molecular weight is 490 g/mol. The smallest absolute Gasteiger partial charge is 0.191 e. The predicted molar refractivity (Wildman–Crippen MR) is 114 cm³/mol. The standard InChI is InChI=1S/C17H26N6O3.HI/c1-18-17(20-10-16-21-11-22-23(16)2)19-7-6-13-14(25-4)8-12(24-3)9-15(13)26-5;/h8-9,11H,6-7,10H2,1-5H3,(H2,18,19,20);1H. The summed E-state index contributed by atoms with van der Waals surface area (Å²) >= 11 is 0. The molecule has 1 aromatic heterocycles. The van der Waals surface area contributed by atoms with E-state index in [4.69, 9.17) is 14.2 Å². The highest BCUT2D eigenvalue weighted by molar-refractivity contribution is 14.0. The molecule has 2 rings (SSSR count). The van der Waals surface area contributed by atoms with Crippen LogP contribution in [0.1, 0.15) is 11.4 Å². The van der Waals surface area contributed by atoms with Crippen molar-refractivity contribution in [2.24, 2.45) is 12.0 Å². The molecular formula is C17H27IN6O3. The van der Waals surface area contributed by atoms with Gasteiger partial charge in [0.25, 0.3) is 0 Å². The Kier molecular flexibility index (Phi) is 9.68. The number of guanidine groups is 1. The fourth-order valence-corrected chi connectivity index (χ4v) is 2.49. The second-order valence-electron chi connectivity index (χ2n) is 5.41. The molecule has 0 aliphatic carbocycles. The first-order valence-corrected chi connectivity index (χ1v) is 8.19. The van der Waals surface area contributed by atoms with Crippen molar-refractivity contribution in [1.82, 2.24) is 25.4 Å². The van der Waals surface area contributed by atoms with Gasteiger partial charge >= 0.3 is 0 Å². The Hall–Kier alpha value is -2.24. The van der Waals surface area contributed by atoms with Crippen molar-refractivity contribution in [2.75, 3.05) is 34.9 Å². The Morgan fingerprint density at radius 3 is 2.26 bits per heavy atom. The molecule has 0 unspecified atom stereocenters. The molecule has 0 spiro atoms. The van der Waals surface area contributed by atoms with Crippen molar-refractivity contribution in [3.05, 3.63) is 29.8 Å². The zero-order valence-electron chi connectivity index (χ0n) is 16.3. The van der Waals surface area contributed by atoms with Crippen LogP contribution < -0.4 is 24.8 Å². The van der Waals surface area contributed by atoms with E-state index in [-0.39, 0.29) is 24.0 Å². The van der Waals surface area contributed by atoms with Gasteiger partial charge in [0.15, 0.2) is 5.96 Å². The number of nitrogens with one attached hydrogen (secondary N) is 2. The van der Waals surface area contributed by atoms with Gasteiger partial charge in [0.05, 0.1) is 27.9 Å². The molecule has 0 fully saturated rings. The van der Waals surface area contributed by atoms with Gasteiger partial charge in [-0.15, -0.1) is 24.0 Å². The van der Waals surface area contributed by atoms with Gasteiger partial charge in [0.2, 0.25) is 0 Å². The van der Waals surface area contributed by atoms with E-state index in [9.17, 15) is 0 Å². The highest BCUT2D eigenvalue weighted by Gasteiger charge is 2.13. The van der Waals surface area contributed by atoms with Gasteiger partial charge in [0, 0.05) is 38.3 Å². The number of methoxy groups -OCH3 is 3. The van der Waals surface area contributed by atoms with Crippen LogP contribution in [-0.4, -0.2) is 55.6 Å². The fourth-order valence-electron chi connectivity index (χ4n) is 2.49. The number of aliphatic imine (C=N–C) groups is 1. The molecule has 0 amide bonds. The molecule has 9 nitrogen and oxygen atoms in total. The van der Waals surface area contributed by atoms with Crippen LogP contribution in [0.4, 0.5) is 0 Å². The monoisotopic (exact) mass is 490 g/mol. The van der Waals surface area contributed by atoms with Crippen LogP contribution in [0, 0.1) is 0 Å². The molecule has 27 heavy (non-hydrogen) atoms. The molecule has 150 valence electrons. The van der Waals surface area contributed by atoms with Gasteiger partial charge in [-0.1, -0.05) is 0 Å². The lowest BCUT2D eigenvalue weighted by molar-refractivity contribution is 0.368. The molecule has 1 heterocycles. The number of nitrogens with zero attached hydrogens (tertiary/aromatic N) is 4. The fraction of sp³-hybridized carbons (Fsp3) is 0.471. The summed E-state index contributed by atoms with van der Waals surface area (Å²) in [5.74, 6) is 3.65. The maximum atomic E-state index is 5.47. The summed E-state index contributed by atoms with van der Waals surface area (Å²) in [6.45, 7) is 1.18. The molecule has 0 aliphatic rings. The highest BCUT2D eigenvalue weighted by Crippen LogP contribution is 2.34. The predicted octanol–water partition coefficient (Wildman–Crippen LogP) is 1.37. The Morgan fingerprint density at radius 1 is 1.11 bits per heavy atom. The Balaban J connectivity index is 0.00000364. The summed E-state index contributed by atoms with van der Waals surface area (Å²) in [5, 5.41) is 10.5. The van der Waals surface area contributed by atoms with Crippen molar-refractivity contribution < 1.29 is 14.2 Å². The van der Waals surface area contributed by atoms with Crippen molar-refractivity contribution in [1.29, 1.82) is 0 Å². The van der Waals surface area contributed by atoms with Gasteiger partial charge in [-0.05, 0) is 6.42 Å². The van der Waals surface area contributed by atoms with Gasteiger partial charge in [-0.3, -0.25) is 9.67 Å². The van der Waals surface area contributed by atoms with E-state index in [2.05, 4.69) is 25.7 Å². The van der Waals surface area contributed by atoms with Crippen molar-refractivity contribution >= 4 is 29.9 Å². The molecule has 0 aliphatic heterocycles. The summed E-state index contributed by atoms with van der Waals surface area (Å²) in [6.07, 6.45) is 2.22. The van der Waals surface area contributed by atoms with Crippen LogP contribution in [-0.2, 0) is 20.0 Å². The molecule has 0 saturated carbocycles. The summed E-state index contributed by atoms with van der Waals surface area (Å²) < 4.78 is 17.9. The van der Waals surface area contributed by atoms with Crippen molar-refractivity contribution in [3.63, 3.8) is 0 Å². The first kappa shape index (κ1) is 22.8. The molecular weight excluding hydrogens is 463 g/mol. The van der Waals surface area contributed by atoms with Gasteiger partial charge in [0.1, 0.15) is 29.4 Å². The summed E-state index contributed by atoms with van der Waals surface area (Å²) in [6, 6.07) is 3.69. The lowest BCUT2D eigenvalue weighted by Gasteiger charge is -2.16. The number of hydrogen-bond acceptors (Lipinski definition) is 6. The minimum Gasteiger partial charge on any atom is -0.496 e. The molecule has 10 heteroatoms. The van der Waals surface area contributed by atoms with E-state index in [1.54, 1.807) is 33.1 Å². The summed E-state index contributed by atoms with van der Waals surface area (Å²) in [5.41, 5.74) is 0.965. The maximum Gasteiger partial charge on any atom is 0.191 e. The Bertz CT molecular complexity index is 725. The van der Waals surface area contributed by atoms with E-state index in [1.165, 1.54) is 6.33 Å². The Morgan fingerprint density at radius 2 is 1.78 bits per heavy atom. The summed E-state index contributed by atoms with van der Waals surface area (Å²) in [7, 11) is 8.45. The van der Waals surface area contributed by atoms with E-state index in [1.807, 2.05) is 19.2 Å². The largest absolute Gasteiger partial charge is 0.496 e. The molecule has 1 aromatic carbocycles. The number of rotatable bonds is 8. The van der Waals surface area contributed by atoms with Crippen LogP contribution in [0.2, 0.25) is 0 Å². The van der Waals surface area contributed by atoms with E-state index < -0.39 is 0 Å². The van der Waals surface area contributed by atoms with Gasteiger partial charge < -0.3 is 24.8 Å². The minimum atomic E-state index is 0. The third kappa shape index (κ3) is 6.15. The van der Waals surface area contributed by atoms with E-state index in [0.29, 0.717) is 31.2 Å². The molecule has 0 radical (unpaired) electrons. The number of benzene rings is 1. The number of hydrogen-bond donors (Lipinski definition) is 2. The van der Waals surface area contributed by atoms with Crippen molar-refractivity contribution in [3.8, 4) is 17.2 Å². The molecule has 0 bridgehead atoms. The van der Waals surface area contributed by atoms with Crippen LogP contribution in [0.25, 0.3) is 0 Å². The number of halogens is 1. The first-order chi connectivity index (χ1) is 12.6. The SMILES string of the molecule is CN=C(NCCc1c(OC)cc(OC)cc1OC)NCc1ncnn1C.I. The first-order valence-electron chi connectivity index (χ1n) is 8.19. The average Bonchev–Trinajstić information content (AvgIpc) is 3.08. The van der Waals surface area contributed by atoms with Crippen LogP contribution in [0.15, 0.2) is 23.5 Å². The second kappa shape index (κ2) is 11.5. The summed E-state index contributed by atoms with van der Waals surface area (Å²) in [4.78, 5) is 8.39. The zero-order chi connectivity index (χ0) is 18.9. The lowest BCUT2D eigenvalue weighted by Crippen LogP contribution is -2.38. The second-order valence-corrected chi connectivity index (χ2v) is 5.41. The Labute approximate surface area is 176 Å². The van der Waals surface area contributed by atoms with Crippen LogP contribution in [0.5, 0.6) is 17.2 Å². The zero-order valence-corrected chi connectivity index (χ0v) is 18.6. The minimum absolute atomic E-state index is 0. The third-order valence-electron chi connectivity index (χ3n) is 3.93. The van der Waals surface area contributed by atoms with Gasteiger partial charge in [-0.2, -0.15) is 5.10 Å². The van der Waals surface area contributed by atoms with Gasteiger partial charge in [-0.25, -0.2) is 4.98 Å². The normalized spacial score (nSPS) is 10.8. The number of ether oxygens (including phenoxy) is 3.